The Morgan fingerprint density at radius 3 is 2.69 bits per heavy atom. The maximum atomic E-state index is 4.42. The fourth-order valence-electron chi connectivity index (χ4n) is 2.49. The van der Waals surface area contributed by atoms with Gasteiger partial charge in [-0.25, -0.2) is 0 Å². The van der Waals surface area contributed by atoms with Crippen LogP contribution in [-0.2, 0) is 6.54 Å². The van der Waals surface area contributed by atoms with Gasteiger partial charge in [-0.15, -0.1) is 0 Å². The van der Waals surface area contributed by atoms with E-state index in [4.69, 9.17) is 0 Å². The van der Waals surface area contributed by atoms with E-state index in [1.807, 2.05) is 6.20 Å². The zero-order valence-corrected chi connectivity index (χ0v) is 10.5. The number of aromatic nitrogens is 1. The molecule has 0 aliphatic heterocycles. The van der Waals surface area contributed by atoms with Crippen molar-refractivity contribution in [3.63, 3.8) is 0 Å². The van der Waals surface area contributed by atoms with E-state index in [2.05, 4.69) is 43.2 Å². The minimum atomic E-state index is 0.679. The van der Waals surface area contributed by atoms with Gasteiger partial charge in [-0.1, -0.05) is 19.9 Å². The summed E-state index contributed by atoms with van der Waals surface area (Å²) in [4.78, 5) is 4.42. The standard InChI is InChI=1S/C14H22N2/c1-10-4-6-13(15-8-10)9-16-14-7-5-11(2)12(14)3/h4,6,8,11-12,14,16H,5,7,9H2,1-3H3. The fraction of sp³-hybridized carbons (Fsp3) is 0.643. The Morgan fingerprint density at radius 1 is 1.31 bits per heavy atom. The van der Waals surface area contributed by atoms with Crippen LogP contribution in [-0.4, -0.2) is 11.0 Å². The highest BCUT2D eigenvalue weighted by atomic mass is 14.9. The van der Waals surface area contributed by atoms with Gasteiger partial charge >= 0.3 is 0 Å². The molecular formula is C14H22N2. The predicted molar refractivity (Wildman–Crippen MR) is 67.2 cm³/mol. The third-order valence-electron chi connectivity index (χ3n) is 3.98. The Morgan fingerprint density at radius 2 is 2.12 bits per heavy atom. The maximum absolute atomic E-state index is 4.42. The molecule has 0 saturated heterocycles. The number of hydrogen-bond acceptors (Lipinski definition) is 2. The topological polar surface area (TPSA) is 24.9 Å². The van der Waals surface area contributed by atoms with Crippen molar-refractivity contribution in [2.45, 2.75) is 46.2 Å². The lowest BCUT2D eigenvalue weighted by Crippen LogP contribution is -2.32. The summed E-state index contributed by atoms with van der Waals surface area (Å²) in [7, 11) is 0. The quantitative estimate of drug-likeness (QED) is 0.843. The van der Waals surface area contributed by atoms with Crippen LogP contribution in [0.1, 0.15) is 37.9 Å². The molecule has 1 heterocycles. The second kappa shape index (κ2) is 4.96. The van der Waals surface area contributed by atoms with Gasteiger partial charge in [0.05, 0.1) is 5.69 Å². The fourth-order valence-corrected chi connectivity index (χ4v) is 2.49. The molecule has 1 aromatic rings. The van der Waals surface area contributed by atoms with E-state index in [1.54, 1.807) is 0 Å². The summed E-state index contributed by atoms with van der Waals surface area (Å²) in [5.41, 5.74) is 2.38. The normalized spacial score (nSPS) is 29.6. The van der Waals surface area contributed by atoms with Crippen LogP contribution >= 0.6 is 0 Å². The molecular weight excluding hydrogens is 196 g/mol. The van der Waals surface area contributed by atoms with Gasteiger partial charge < -0.3 is 5.32 Å². The average Bonchev–Trinajstić information content (AvgIpc) is 2.60. The van der Waals surface area contributed by atoms with Crippen molar-refractivity contribution in [1.29, 1.82) is 0 Å². The van der Waals surface area contributed by atoms with Crippen molar-refractivity contribution in [3.05, 3.63) is 29.6 Å². The molecule has 1 N–H and O–H groups in total. The molecule has 0 spiro atoms. The van der Waals surface area contributed by atoms with Crippen LogP contribution in [0.15, 0.2) is 18.3 Å². The number of aryl methyl sites for hydroxylation is 1. The third-order valence-corrected chi connectivity index (χ3v) is 3.98. The molecule has 1 aliphatic rings. The molecule has 3 unspecified atom stereocenters. The number of hydrogen-bond donors (Lipinski definition) is 1. The van der Waals surface area contributed by atoms with Gasteiger partial charge in [0.15, 0.2) is 0 Å². The molecule has 0 radical (unpaired) electrons. The van der Waals surface area contributed by atoms with E-state index in [1.165, 1.54) is 18.4 Å². The highest BCUT2D eigenvalue weighted by Crippen LogP contribution is 2.31. The largest absolute Gasteiger partial charge is 0.308 e. The van der Waals surface area contributed by atoms with Crippen molar-refractivity contribution >= 4 is 0 Å². The summed E-state index contributed by atoms with van der Waals surface area (Å²) >= 11 is 0. The highest BCUT2D eigenvalue weighted by molar-refractivity contribution is 5.12. The van der Waals surface area contributed by atoms with Crippen LogP contribution < -0.4 is 5.32 Å². The van der Waals surface area contributed by atoms with E-state index in [-0.39, 0.29) is 0 Å². The number of rotatable bonds is 3. The minimum absolute atomic E-state index is 0.679. The smallest absolute Gasteiger partial charge is 0.0541 e. The Bertz CT molecular complexity index is 331. The van der Waals surface area contributed by atoms with Crippen LogP contribution in [0.2, 0.25) is 0 Å². The number of nitrogens with zero attached hydrogens (tertiary/aromatic N) is 1. The number of nitrogens with one attached hydrogen (secondary N) is 1. The lowest BCUT2D eigenvalue weighted by molar-refractivity contribution is 0.368. The first-order chi connectivity index (χ1) is 7.66. The molecule has 88 valence electrons. The van der Waals surface area contributed by atoms with Crippen LogP contribution in [0.5, 0.6) is 0 Å². The van der Waals surface area contributed by atoms with E-state index in [9.17, 15) is 0 Å². The summed E-state index contributed by atoms with van der Waals surface area (Å²) in [6.07, 6.45) is 4.62. The first kappa shape index (κ1) is 11.6. The second-order valence-corrected chi connectivity index (χ2v) is 5.23. The van der Waals surface area contributed by atoms with Gasteiger partial charge in [-0.3, -0.25) is 4.98 Å². The molecule has 1 aliphatic carbocycles. The van der Waals surface area contributed by atoms with Gasteiger partial charge in [-0.2, -0.15) is 0 Å². The highest BCUT2D eigenvalue weighted by Gasteiger charge is 2.28. The lowest BCUT2D eigenvalue weighted by atomic mass is 9.98. The minimum Gasteiger partial charge on any atom is -0.308 e. The van der Waals surface area contributed by atoms with Gasteiger partial charge in [0.1, 0.15) is 0 Å². The predicted octanol–water partition coefficient (Wildman–Crippen LogP) is 2.91. The van der Waals surface area contributed by atoms with Gasteiger partial charge in [0.2, 0.25) is 0 Å². The Balaban J connectivity index is 1.86. The molecule has 0 amide bonds. The monoisotopic (exact) mass is 218 g/mol. The number of pyridine rings is 1. The molecule has 3 atom stereocenters. The van der Waals surface area contributed by atoms with Crippen molar-refractivity contribution in [2.24, 2.45) is 11.8 Å². The summed E-state index contributed by atoms with van der Waals surface area (Å²) in [5, 5.41) is 3.64. The van der Waals surface area contributed by atoms with Gasteiger partial charge in [0.25, 0.3) is 0 Å². The van der Waals surface area contributed by atoms with Crippen molar-refractivity contribution in [3.8, 4) is 0 Å². The Hall–Kier alpha value is -0.890. The first-order valence-electron chi connectivity index (χ1n) is 6.31. The summed E-state index contributed by atoms with van der Waals surface area (Å²) in [6.45, 7) is 7.70. The zero-order valence-electron chi connectivity index (χ0n) is 10.5. The van der Waals surface area contributed by atoms with Crippen LogP contribution in [0.3, 0.4) is 0 Å². The lowest BCUT2D eigenvalue weighted by Gasteiger charge is -2.19. The first-order valence-corrected chi connectivity index (χ1v) is 6.31. The molecule has 1 aromatic heterocycles. The van der Waals surface area contributed by atoms with E-state index in [0.717, 1.165) is 24.1 Å². The summed E-state index contributed by atoms with van der Waals surface area (Å²) in [6, 6.07) is 4.92. The molecule has 1 fully saturated rings. The van der Waals surface area contributed by atoms with Crippen LogP contribution in [0.25, 0.3) is 0 Å². The van der Waals surface area contributed by atoms with E-state index in [0.29, 0.717) is 6.04 Å². The van der Waals surface area contributed by atoms with Crippen molar-refractivity contribution in [2.75, 3.05) is 0 Å². The van der Waals surface area contributed by atoms with E-state index >= 15 is 0 Å². The Kier molecular flexibility index (Phi) is 3.59. The second-order valence-electron chi connectivity index (χ2n) is 5.23. The summed E-state index contributed by atoms with van der Waals surface area (Å²) < 4.78 is 0. The van der Waals surface area contributed by atoms with Crippen molar-refractivity contribution in [1.82, 2.24) is 10.3 Å². The molecule has 0 bridgehead atoms. The summed E-state index contributed by atoms with van der Waals surface area (Å²) in [5.74, 6) is 1.66. The van der Waals surface area contributed by atoms with Gasteiger partial charge in [0, 0.05) is 18.8 Å². The maximum Gasteiger partial charge on any atom is 0.0541 e. The van der Waals surface area contributed by atoms with Crippen LogP contribution in [0, 0.1) is 18.8 Å². The SMILES string of the molecule is Cc1ccc(CNC2CCC(C)C2C)nc1. The molecule has 2 rings (SSSR count). The molecule has 2 nitrogen and oxygen atoms in total. The molecule has 1 saturated carbocycles. The average molecular weight is 218 g/mol. The van der Waals surface area contributed by atoms with Crippen LogP contribution in [0.4, 0.5) is 0 Å². The van der Waals surface area contributed by atoms with Crippen molar-refractivity contribution < 1.29 is 0 Å². The van der Waals surface area contributed by atoms with Gasteiger partial charge in [-0.05, 0) is 43.2 Å². The molecule has 2 heteroatoms. The zero-order chi connectivity index (χ0) is 11.5. The molecule has 16 heavy (non-hydrogen) atoms. The third kappa shape index (κ3) is 2.62. The Labute approximate surface area is 98.5 Å². The molecule has 0 aromatic carbocycles. The van der Waals surface area contributed by atoms with E-state index < -0.39 is 0 Å².